The highest BCUT2D eigenvalue weighted by Crippen LogP contribution is 2.11. The third-order valence-electron chi connectivity index (χ3n) is 3.71. The van der Waals surface area contributed by atoms with E-state index in [9.17, 15) is 13.2 Å². The second-order valence-electron chi connectivity index (χ2n) is 7.58. The van der Waals surface area contributed by atoms with Gasteiger partial charge in [-0.25, -0.2) is 18.1 Å². The van der Waals surface area contributed by atoms with Crippen molar-refractivity contribution in [1.82, 2.24) is 20.7 Å². The van der Waals surface area contributed by atoms with Gasteiger partial charge in [-0.15, -0.1) is 24.0 Å². The van der Waals surface area contributed by atoms with Gasteiger partial charge in [0.05, 0.1) is 11.9 Å². The monoisotopic (exact) mass is 533 g/mol. The van der Waals surface area contributed by atoms with Gasteiger partial charge in [-0.2, -0.15) is 0 Å². The van der Waals surface area contributed by atoms with Crippen molar-refractivity contribution in [2.75, 3.05) is 38.5 Å². The van der Waals surface area contributed by atoms with Crippen LogP contribution in [-0.2, 0) is 19.6 Å². The van der Waals surface area contributed by atoms with E-state index in [1.807, 2.05) is 27.7 Å². The van der Waals surface area contributed by atoms with Crippen LogP contribution in [0.2, 0.25) is 0 Å². The summed E-state index contributed by atoms with van der Waals surface area (Å²) in [5, 5.41) is 8.76. The van der Waals surface area contributed by atoms with Crippen molar-refractivity contribution in [2.24, 2.45) is 4.99 Å². The zero-order chi connectivity index (χ0) is 20.3. The Balaban J connectivity index is 0.00000729. The van der Waals surface area contributed by atoms with Crippen LogP contribution in [-0.4, -0.2) is 70.5 Å². The van der Waals surface area contributed by atoms with Crippen molar-refractivity contribution < 1.29 is 17.9 Å². The smallest absolute Gasteiger partial charge is 0.242 e. The first kappa shape index (κ1) is 27.3. The van der Waals surface area contributed by atoms with E-state index >= 15 is 0 Å². The Hall–Kier alpha value is -0.660. The molecule has 11 heteroatoms. The van der Waals surface area contributed by atoms with Crippen LogP contribution in [0.3, 0.4) is 0 Å². The molecule has 0 saturated carbocycles. The standard InChI is InChI=1S/C17H35N5O4S.HI/c1-5-18-16(20-13-15(23)22-17(2,3)4)19-9-11-27(24,25)21-12-14-8-6-7-10-26-14;/h14,21H,5-13H2,1-4H3,(H,22,23)(H2,18,19,20);1H. The third kappa shape index (κ3) is 13.5. The number of halogens is 1. The summed E-state index contributed by atoms with van der Waals surface area (Å²) < 4.78 is 32.3. The number of nitrogens with zero attached hydrogens (tertiary/aromatic N) is 1. The van der Waals surface area contributed by atoms with Crippen molar-refractivity contribution in [3.8, 4) is 0 Å². The lowest BCUT2D eigenvalue weighted by Gasteiger charge is -2.22. The zero-order valence-corrected chi connectivity index (χ0v) is 20.5. The molecule has 9 nitrogen and oxygen atoms in total. The third-order valence-corrected chi connectivity index (χ3v) is 5.06. The van der Waals surface area contributed by atoms with E-state index in [1.165, 1.54) is 0 Å². The van der Waals surface area contributed by atoms with Crippen LogP contribution in [0, 0.1) is 0 Å². The molecule has 0 aliphatic carbocycles. The van der Waals surface area contributed by atoms with E-state index < -0.39 is 10.0 Å². The van der Waals surface area contributed by atoms with Crippen LogP contribution in [0.4, 0.5) is 0 Å². The van der Waals surface area contributed by atoms with Gasteiger partial charge in [0.1, 0.15) is 6.54 Å². The molecule has 0 radical (unpaired) electrons. The SMILES string of the molecule is CCNC(=NCC(=O)NC(C)(C)C)NCCS(=O)(=O)NCC1CCCCO1.I. The first-order valence-corrected chi connectivity index (χ1v) is 11.2. The molecule has 0 bridgehead atoms. The van der Waals surface area contributed by atoms with Gasteiger partial charge >= 0.3 is 0 Å². The van der Waals surface area contributed by atoms with Crippen LogP contribution in [0.5, 0.6) is 0 Å². The maximum atomic E-state index is 12.1. The Morgan fingerprint density at radius 3 is 2.50 bits per heavy atom. The fourth-order valence-corrected chi connectivity index (χ4v) is 3.47. The molecule has 0 aromatic heterocycles. The summed E-state index contributed by atoms with van der Waals surface area (Å²) in [7, 11) is -3.40. The van der Waals surface area contributed by atoms with Gasteiger partial charge in [0.15, 0.2) is 5.96 Å². The van der Waals surface area contributed by atoms with Crippen LogP contribution >= 0.6 is 24.0 Å². The molecule has 1 unspecified atom stereocenters. The lowest BCUT2D eigenvalue weighted by atomic mass is 10.1. The van der Waals surface area contributed by atoms with Gasteiger partial charge in [-0.3, -0.25) is 4.79 Å². The normalized spacial score (nSPS) is 18.1. The van der Waals surface area contributed by atoms with Crippen molar-refractivity contribution in [3.05, 3.63) is 0 Å². The fraction of sp³-hybridized carbons (Fsp3) is 0.882. The van der Waals surface area contributed by atoms with Crippen LogP contribution < -0.4 is 20.7 Å². The molecule has 0 aromatic rings. The molecule has 1 saturated heterocycles. The molecule has 0 aromatic carbocycles. The van der Waals surface area contributed by atoms with Crippen molar-refractivity contribution >= 4 is 45.9 Å². The van der Waals surface area contributed by atoms with Crippen molar-refractivity contribution in [2.45, 2.75) is 58.6 Å². The molecule has 1 fully saturated rings. The number of guanidine groups is 1. The van der Waals surface area contributed by atoms with Crippen molar-refractivity contribution in [3.63, 3.8) is 0 Å². The topological polar surface area (TPSA) is 121 Å². The van der Waals surface area contributed by atoms with Gasteiger partial charge in [0.2, 0.25) is 15.9 Å². The summed E-state index contributed by atoms with van der Waals surface area (Å²) in [6, 6.07) is 0. The average molecular weight is 533 g/mol. The Kier molecular flexibility index (Phi) is 13.2. The summed E-state index contributed by atoms with van der Waals surface area (Å²) in [6.45, 7) is 9.36. The van der Waals surface area contributed by atoms with Crippen LogP contribution in [0.15, 0.2) is 4.99 Å². The number of carbonyl (C=O) groups is 1. The number of hydrogen-bond donors (Lipinski definition) is 4. The lowest BCUT2D eigenvalue weighted by molar-refractivity contribution is -0.121. The molecular formula is C17H36IN5O4S. The molecule has 1 aliphatic heterocycles. The minimum atomic E-state index is -3.40. The number of ether oxygens (including phenoxy) is 1. The molecule has 1 amide bonds. The van der Waals surface area contributed by atoms with Crippen LogP contribution in [0.25, 0.3) is 0 Å². The average Bonchev–Trinajstić information content (AvgIpc) is 2.57. The zero-order valence-electron chi connectivity index (χ0n) is 17.3. The van der Waals surface area contributed by atoms with Gasteiger partial charge in [0.25, 0.3) is 0 Å². The first-order chi connectivity index (χ1) is 12.6. The fourth-order valence-electron chi connectivity index (χ4n) is 2.51. The number of nitrogens with one attached hydrogen (secondary N) is 4. The first-order valence-electron chi connectivity index (χ1n) is 9.53. The van der Waals surface area contributed by atoms with E-state index in [-0.39, 0.29) is 60.4 Å². The highest BCUT2D eigenvalue weighted by molar-refractivity contribution is 14.0. The highest BCUT2D eigenvalue weighted by Gasteiger charge is 2.18. The van der Waals surface area contributed by atoms with E-state index in [0.717, 1.165) is 19.3 Å². The maximum absolute atomic E-state index is 12.1. The lowest BCUT2D eigenvalue weighted by Crippen LogP contribution is -2.44. The van der Waals surface area contributed by atoms with Gasteiger partial charge in [-0.1, -0.05) is 0 Å². The second kappa shape index (κ2) is 13.5. The molecular weight excluding hydrogens is 497 g/mol. The van der Waals surface area contributed by atoms with E-state index in [0.29, 0.717) is 25.7 Å². The largest absolute Gasteiger partial charge is 0.377 e. The quantitative estimate of drug-likeness (QED) is 0.195. The number of aliphatic imine (C=N–C) groups is 1. The van der Waals surface area contributed by atoms with Crippen molar-refractivity contribution in [1.29, 1.82) is 0 Å². The van der Waals surface area contributed by atoms with E-state index in [4.69, 9.17) is 4.74 Å². The molecule has 1 aliphatic rings. The van der Waals surface area contributed by atoms with E-state index in [1.54, 1.807) is 0 Å². The Labute approximate surface area is 186 Å². The Bertz CT molecular complexity index is 587. The Morgan fingerprint density at radius 2 is 1.93 bits per heavy atom. The number of rotatable bonds is 9. The molecule has 4 N–H and O–H groups in total. The molecule has 1 atom stereocenters. The van der Waals surface area contributed by atoms with Gasteiger partial charge in [0, 0.05) is 31.8 Å². The van der Waals surface area contributed by atoms with Gasteiger partial charge < -0.3 is 20.7 Å². The minimum Gasteiger partial charge on any atom is -0.377 e. The maximum Gasteiger partial charge on any atom is 0.242 e. The molecule has 28 heavy (non-hydrogen) atoms. The summed E-state index contributed by atoms with van der Waals surface area (Å²) in [5.41, 5.74) is -0.319. The van der Waals surface area contributed by atoms with Crippen LogP contribution in [0.1, 0.15) is 47.0 Å². The second-order valence-corrected chi connectivity index (χ2v) is 9.50. The summed E-state index contributed by atoms with van der Waals surface area (Å²) in [6.07, 6.45) is 2.95. The molecule has 1 rings (SSSR count). The number of sulfonamides is 1. The molecule has 0 spiro atoms. The van der Waals surface area contributed by atoms with E-state index in [2.05, 4.69) is 25.7 Å². The Morgan fingerprint density at radius 1 is 1.21 bits per heavy atom. The minimum absolute atomic E-state index is 0. The highest BCUT2D eigenvalue weighted by atomic mass is 127. The summed E-state index contributed by atoms with van der Waals surface area (Å²) in [4.78, 5) is 16.0. The predicted molar refractivity (Wildman–Crippen MR) is 123 cm³/mol. The molecule has 166 valence electrons. The van der Waals surface area contributed by atoms with Gasteiger partial charge in [-0.05, 0) is 47.0 Å². The number of carbonyl (C=O) groups excluding carboxylic acids is 1. The predicted octanol–water partition coefficient (Wildman–Crippen LogP) is 0.563. The summed E-state index contributed by atoms with van der Waals surface area (Å²) >= 11 is 0. The number of amides is 1. The number of hydrogen-bond acceptors (Lipinski definition) is 5. The molecule has 1 heterocycles. The summed E-state index contributed by atoms with van der Waals surface area (Å²) in [5.74, 6) is 0.132.